The van der Waals surface area contributed by atoms with Gasteiger partial charge in [0.05, 0.1) is 5.02 Å². The number of hydrogen-bond donors (Lipinski definition) is 0. The summed E-state index contributed by atoms with van der Waals surface area (Å²) < 4.78 is 23.7. The van der Waals surface area contributed by atoms with E-state index in [1.807, 2.05) is 0 Å². The van der Waals surface area contributed by atoms with Crippen molar-refractivity contribution in [1.29, 1.82) is 0 Å². The minimum atomic E-state index is -1.31. The van der Waals surface area contributed by atoms with E-state index >= 15 is 0 Å². The molecule has 1 saturated heterocycles. The van der Waals surface area contributed by atoms with Crippen molar-refractivity contribution >= 4 is 45.5 Å². The van der Waals surface area contributed by atoms with Gasteiger partial charge in [0.2, 0.25) is 0 Å². The molecule has 20 heavy (non-hydrogen) atoms. The normalized spacial score (nSPS) is 17.6. The first-order valence-corrected chi connectivity index (χ1v) is 6.69. The Morgan fingerprint density at radius 2 is 1.80 bits per heavy atom. The van der Waals surface area contributed by atoms with Gasteiger partial charge < -0.3 is 9.47 Å². The van der Waals surface area contributed by atoms with Crippen LogP contribution in [-0.2, 0) is 19.1 Å². The van der Waals surface area contributed by atoms with E-state index in [1.54, 1.807) is 0 Å². The average Bonchev–Trinajstić information content (AvgIpc) is 2.29. The number of cyclic esters (lactones) is 2. The Labute approximate surface area is 127 Å². The first-order chi connectivity index (χ1) is 9.19. The van der Waals surface area contributed by atoms with Gasteiger partial charge in [-0.2, -0.15) is 0 Å². The summed E-state index contributed by atoms with van der Waals surface area (Å²) in [6.07, 6.45) is 1.18. The molecule has 0 radical (unpaired) electrons. The van der Waals surface area contributed by atoms with Crippen molar-refractivity contribution in [3.8, 4) is 0 Å². The van der Waals surface area contributed by atoms with Crippen molar-refractivity contribution in [2.75, 3.05) is 0 Å². The maximum atomic E-state index is 13.5. The molecule has 2 rings (SSSR count). The van der Waals surface area contributed by atoms with Crippen LogP contribution in [0, 0.1) is 5.82 Å². The van der Waals surface area contributed by atoms with Crippen LogP contribution < -0.4 is 0 Å². The number of ether oxygens (including phenoxy) is 2. The predicted molar refractivity (Wildman–Crippen MR) is 73.4 cm³/mol. The van der Waals surface area contributed by atoms with Crippen molar-refractivity contribution in [2.24, 2.45) is 0 Å². The molecule has 1 fully saturated rings. The van der Waals surface area contributed by atoms with E-state index in [4.69, 9.17) is 21.1 Å². The second-order valence-electron chi connectivity index (χ2n) is 4.54. The molecule has 0 aromatic heterocycles. The Morgan fingerprint density at radius 1 is 1.25 bits per heavy atom. The van der Waals surface area contributed by atoms with Gasteiger partial charge in [0.25, 0.3) is 5.79 Å². The Bertz CT molecular complexity index is 594. The van der Waals surface area contributed by atoms with Gasteiger partial charge in [-0.1, -0.05) is 11.6 Å². The number of carbonyl (C=O) groups is 2. The van der Waals surface area contributed by atoms with E-state index in [-0.39, 0.29) is 16.2 Å². The van der Waals surface area contributed by atoms with Crippen LogP contribution in [0.5, 0.6) is 0 Å². The lowest BCUT2D eigenvalue weighted by Crippen LogP contribution is -2.41. The topological polar surface area (TPSA) is 52.6 Å². The highest BCUT2D eigenvalue weighted by molar-refractivity contribution is 9.10. The van der Waals surface area contributed by atoms with E-state index in [9.17, 15) is 14.0 Å². The summed E-state index contributed by atoms with van der Waals surface area (Å²) in [5.74, 6) is -3.63. The number of benzene rings is 1. The van der Waals surface area contributed by atoms with Gasteiger partial charge in [0, 0.05) is 18.3 Å². The predicted octanol–water partition coefficient (Wildman–Crippen LogP) is 3.46. The maximum Gasteiger partial charge on any atom is 0.348 e. The van der Waals surface area contributed by atoms with Crippen molar-refractivity contribution in [1.82, 2.24) is 0 Å². The molecule has 0 unspecified atom stereocenters. The molecule has 1 aromatic rings. The van der Waals surface area contributed by atoms with Crippen LogP contribution in [0.25, 0.3) is 6.08 Å². The van der Waals surface area contributed by atoms with Crippen LogP contribution in [0.4, 0.5) is 4.39 Å². The van der Waals surface area contributed by atoms with Crippen LogP contribution in [-0.4, -0.2) is 17.7 Å². The third-order valence-corrected chi connectivity index (χ3v) is 3.67. The Kier molecular flexibility index (Phi) is 3.88. The van der Waals surface area contributed by atoms with Crippen LogP contribution in [0.1, 0.15) is 19.4 Å². The first kappa shape index (κ1) is 15.0. The van der Waals surface area contributed by atoms with Crippen molar-refractivity contribution in [3.63, 3.8) is 0 Å². The van der Waals surface area contributed by atoms with Gasteiger partial charge in [-0.3, -0.25) is 0 Å². The minimum absolute atomic E-state index is 0.0814. The van der Waals surface area contributed by atoms with Crippen LogP contribution >= 0.6 is 27.5 Å². The highest BCUT2D eigenvalue weighted by Gasteiger charge is 2.38. The number of esters is 2. The van der Waals surface area contributed by atoms with Gasteiger partial charge in [0.15, 0.2) is 0 Å². The quantitative estimate of drug-likeness (QED) is 0.332. The molecule has 0 bridgehead atoms. The monoisotopic (exact) mass is 362 g/mol. The molecular formula is C13H9BrClFO4. The zero-order chi connectivity index (χ0) is 15.1. The summed E-state index contributed by atoms with van der Waals surface area (Å²) in [5, 5.41) is -0.0814. The molecule has 1 aliphatic heterocycles. The number of rotatable bonds is 1. The fourth-order valence-electron chi connectivity index (χ4n) is 1.60. The number of carbonyl (C=O) groups excluding carboxylic acids is 2. The largest absolute Gasteiger partial charge is 0.419 e. The summed E-state index contributed by atoms with van der Waals surface area (Å²) >= 11 is 8.74. The van der Waals surface area contributed by atoms with Gasteiger partial charge >= 0.3 is 11.9 Å². The van der Waals surface area contributed by atoms with E-state index in [2.05, 4.69) is 15.9 Å². The summed E-state index contributed by atoms with van der Waals surface area (Å²) in [6, 6.07) is 2.57. The number of halogens is 3. The van der Waals surface area contributed by atoms with Gasteiger partial charge in [-0.15, -0.1) is 0 Å². The van der Waals surface area contributed by atoms with Gasteiger partial charge in [0.1, 0.15) is 11.4 Å². The van der Waals surface area contributed by atoms with Gasteiger partial charge in [-0.25, -0.2) is 14.0 Å². The second-order valence-corrected chi connectivity index (χ2v) is 5.77. The molecule has 7 heteroatoms. The van der Waals surface area contributed by atoms with Crippen LogP contribution in [0.2, 0.25) is 5.02 Å². The zero-order valence-electron chi connectivity index (χ0n) is 10.5. The summed E-state index contributed by atoms with van der Waals surface area (Å²) in [7, 11) is 0. The highest BCUT2D eigenvalue weighted by Crippen LogP contribution is 2.29. The molecule has 1 aromatic carbocycles. The molecule has 0 amide bonds. The molecule has 0 atom stereocenters. The lowest BCUT2D eigenvalue weighted by molar-refractivity contribution is -0.222. The molecule has 0 aliphatic carbocycles. The third kappa shape index (κ3) is 3.02. The summed E-state index contributed by atoms with van der Waals surface area (Å²) in [6.45, 7) is 2.89. The lowest BCUT2D eigenvalue weighted by Gasteiger charge is -2.29. The molecule has 0 N–H and O–H groups in total. The Morgan fingerprint density at radius 3 is 2.30 bits per heavy atom. The second kappa shape index (κ2) is 5.18. The SMILES string of the molecule is CC1(C)OC(=O)C(=Cc2cc(F)c(Cl)c(Br)c2)C(=O)O1. The molecule has 1 heterocycles. The highest BCUT2D eigenvalue weighted by atomic mass is 79.9. The first-order valence-electron chi connectivity index (χ1n) is 5.52. The smallest absolute Gasteiger partial charge is 0.348 e. The Hall–Kier alpha value is -1.40. The van der Waals surface area contributed by atoms with Crippen molar-refractivity contribution < 1.29 is 23.5 Å². The molecule has 4 nitrogen and oxygen atoms in total. The summed E-state index contributed by atoms with van der Waals surface area (Å²) in [4.78, 5) is 23.5. The van der Waals surface area contributed by atoms with E-state index in [0.29, 0.717) is 4.47 Å². The molecule has 1 aliphatic rings. The molecule has 0 spiro atoms. The van der Waals surface area contributed by atoms with Crippen molar-refractivity contribution in [3.05, 3.63) is 38.6 Å². The number of hydrogen-bond acceptors (Lipinski definition) is 4. The van der Waals surface area contributed by atoms with E-state index < -0.39 is 23.5 Å². The minimum Gasteiger partial charge on any atom is -0.419 e. The van der Waals surface area contributed by atoms with Crippen LogP contribution in [0.15, 0.2) is 22.2 Å². The molecular weight excluding hydrogens is 354 g/mol. The third-order valence-electron chi connectivity index (χ3n) is 2.43. The van der Waals surface area contributed by atoms with Crippen LogP contribution in [0.3, 0.4) is 0 Å². The van der Waals surface area contributed by atoms with E-state index in [0.717, 1.165) is 6.07 Å². The standard InChI is InChI=1S/C13H9BrClFO4/c1-13(2)19-11(17)7(12(18)20-13)3-6-4-8(14)10(15)9(16)5-6/h3-5H,1-2H3. The van der Waals surface area contributed by atoms with Gasteiger partial charge in [-0.05, 0) is 39.7 Å². The molecule has 0 saturated carbocycles. The Balaban J connectivity index is 2.41. The summed E-state index contributed by atoms with van der Waals surface area (Å²) in [5.41, 5.74) is -0.0275. The fraction of sp³-hybridized carbons (Fsp3) is 0.231. The maximum absolute atomic E-state index is 13.5. The average molecular weight is 364 g/mol. The lowest BCUT2D eigenvalue weighted by atomic mass is 10.1. The fourth-order valence-corrected chi connectivity index (χ4v) is 2.17. The molecule has 106 valence electrons. The zero-order valence-corrected chi connectivity index (χ0v) is 12.8. The van der Waals surface area contributed by atoms with Crippen molar-refractivity contribution in [2.45, 2.75) is 19.6 Å². The van der Waals surface area contributed by atoms with E-state index in [1.165, 1.54) is 26.0 Å².